The van der Waals surface area contributed by atoms with E-state index in [2.05, 4.69) is 65.4 Å². The van der Waals surface area contributed by atoms with Gasteiger partial charge in [0.1, 0.15) is 0 Å². The molecule has 32 heavy (non-hydrogen) atoms. The van der Waals surface area contributed by atoms with Crippen LogP contribution in [0.1, 0.15) is 5.56 Å². The minimum absolute atomic E-state index is 0. The Morgan fingerprint density at radius 2 is 1.22 bits per heavy atom. The van der Waals surface area contributed by atoms with E-state index < -0.39 is 0 Å². The number of hydrogen-bond donors (Lipinski definition) is 0. The molecule has 2 aromatic heterocycles. The minimum atomic E-state index is 0. The molecule has 0 N–H and O–H groups in total. The van der Waals surface area contributed by atoms with E-state index in [1.807, 2.05) is 72.9 Å². The maximum atomic E-state index is 4.43. The van der Waals surface area contributed by atoms with Crippen LogP contribution in [0, 0.1) is 19.1 Å². The molecule has 3 aromatic carbocycles. The fourth-order valence-corrected chi connectivity index (χ4v) is 3.27. The summed E-state index contributed by atoms with van der Waals surface area (Å²) in [5, 5.41) is 0. The maximum Gasteiger partial charge on any atom is 0.0166 e. The topological polar surface area (TPSA) is 25.8 Å². The summed E-state index contributed by atoms with van der Waals surface area (Å²) in [5.41, 5.74) is 7.72. The van der Waals surface area contributed by atoms with Crippen LogP contribution < -0.4 is 0 Å². The normalized spacial score (nSPS) is 9.78. The van der Waals surface area contributed by atoms with E-state index in [1.165, 1.54) is 16.7 Å². The molecule has 5 aromatic rings. The summed E-state index contributed by atoms with van der Waals surface area (Å²) in [6, 6.07) is 40.5. The van der Waals surface area contributed by atoms with Crippen LogP contribution in [0.4, 0.5) is 0 Å². The summed E-state index contributed by atoms with van der Waals surface area (Å²) in [4.78, 5) is 8.65. The summed E-state index contributed by atoms with van der Waals surface area (Å²) in [5.74, 6) is 0. The van der Waals surface area contributed by atoms with E-state index in [9.17, 15) is 0 Å². The molecular weight excluding hydrogens is 569 g/mol. The van der Waals surface area contributed by atoms with Crippen molar-refractivity contribution in [2.45, 2.75) is 6.92 Å². The molecule has 0 aliphatic rings. The van der Waals surface area contributed by atoms with Crippen molar-refractivity contribution in [1.29, 1.82) is 0 Å². The summed E-state index contributed by atoms with van der Waals surface area (Å²) in [6.07, 6.45) is 3.65. The van der Waals surface area contributed by atoms with Gasteiger partial charge in [-0.25, -0.2) is 0 Å². The van der Waals surface area contributed by atoms with Gasteiger partial charge in [0, 0.05) is 32.5 Å². The standard InChI is InChI=1S/C18H14N.C11H8N.Ir/c1-14-7-5-6-10-17(14)16-11-12-19-18(13-16)15-8-3-2-4-9-15;1-2-6-10(7-3-1)11-8-4-5-9-12-11;/h2-8,10-13H,1H3;1-6,8-9H;/q2*-1;. The molecule has 159 valence electrons. The first-order valence-electron chi connectivity index (χ1n) is 10.2. The first-order chi connectivity index (χ1) is 15.3. The Morgan fingerprint density at radius 3 is 1.84 bits per heavy atom. The predicted molar refractivity (Wildman–Crippen MR) is 127 cm³/mol. The van der Waals surface area contributed by atoms with E-state index in [0.29, 0.717) is 0 Å². The van der Waals surface area contributed by atoms with Crippen LogP contribution in [0.5, 0.6) is 0 Å². The van der Waals surface area contributed by atoms with Crippen LogP contribution in [0.2, 0.25) is 0 Å². The average molecular weight is 591 g/mol. The molecule has 0 aliphatic heterocycles. The Morgan fingerprint density at radius 1 is 0.594 bits per heavy atom. The number of aromatic nitrogens is 2. The van der Waals surface area contributed by atoms with Crippen LogP contribution in [0.25, 0.3) is 33.6 Å². The second kappa shape index (κ2) is 11.9. The van der Waals surface area contributed by atoms with E-state index >= 15 is 0 Å². The van der Waals surface area contributed by atoms with Crippen LogP contribution in [0.15, 0.2) is 116 Å². The van der Waals surface area contributed by atoms with Gasteiger partial charge in [-0.3, -0.25) is 0 Å². The maximum absolute atomic E-state index is 4.43. The van der Waals surface area contributed by atoms with Gasteiger partial charge < -0.3 is 9.97 Å². The molecule has 3 heteroatoms. The van der Waals surface area contributed by atoms with Gasteiger partial charge in [0.15, 0.2) is 0 Å². The molecule has 0 saturated heterocycles. The zero-order valence-corrected chi connectivity index (χ0v) is 20.1. The van der Waals surface area contributed by atoms with Gasteiger partial charge in [-0.2, -0.15) is 0 Å². The number of hydrogen-bond acceptors (Lipinski definition) is 2. The summed E-state index contributed by atoms with van der Waals surface area (Å²) in [7, 11) is 0. The van der Waals surface area contributed by atoms with E-state index in [-0.39, 0.29) is 20.1 Å². The number of rotatable bonds is 3. The summed E-state index contributed by atoms with van der Waals surface area (Å²) < 4.78 is 0. The Labute approximate surface area is 203 Å². The van der Waals surface area contributed by atoms with Gasteiger partial charge in [-0.1, -0.05) is 42.5 Å². The van der Waals surface area contributed by atoms with E-state index in [0.717, 1.165) is 22.5 Å². The molecule has 5 rings (SSSR count). The van der Waals surface area contributed by atoms with E-state index in [4.69, 9.17) is 0 Å². The third kappa shape index (κ3) is 6.07. The fraction of sp³-hybridized carbons (Fsp3) is 0.0345. The largest absolute Gasteiger partial charge is 0.305 e. The molecule has 0 fully saturated rings. The molecule has 0 spiro atoms. The van der Waals surface area contributed by atoms with Gasteiger partial charge in [-0.05, 0) is 47.1 Å². The molecule has 0 bridgehead atoms. The molecule has 0 aliphatic carbocycles. The zero-order chi connectivity index (χ0) is 21.3. The van der Waals surface area contributed by atoms with Gasteiger partial charge >= 0.3 is 0 Å². The smallest absolute Gasteiger partial charge is 0.0166 e. The first-order valence-corrected chi connectivity index (χ1v) is 10.2. The number of pyridine rings is 2. The molecule has 0 saturated carbocycles. The quantitative estimate of drug-likeness (QED) is 0.210. The third-order valence-corrected chi connectivity index (χ3v) is 4.85. The molecule has 0 unspecified atom stereocenters. The second-order valence-corrected chi connectivity index (χ2v) is 7.01. The Hall–Kier alpha value is -3.39. The van der Waals surface area contributed by atoms with Crippen molar-refractivity contribution >= 4 is 0 Å². The molecule has 0 atom stereocenters. The first kappa shape index (κ1) is 23.3. The predicted octanol–water partition coefficient (Wildman–Crippen LogP) is 7.07. The van der Waals surface area contributed by atoms with Crippen molar-refractivity contribution in [2.75, 3.05) is 0 Å². The van der Waals surface area contributed by atoms with Crippen molar-refractivity contribution in [3.8, 4) is 33.6 Å². The van der Waals surface area contributed by atoms with Crippen LogP contribution in [-0.2, 0) is 20.1 Å². The van der Waals surface area contributed by atoms with Gasteiger partial charge in [0.2, 0.25) is 0 Å². The number of benzene rings is 3. The van der Waals surface area contributed by atoms with Gasteiger partial charge in [0.25, 0.3) is 0 Å². The third-order valence-electron chi connectivity index (χ3n) is 4.85. The Balaban J connectivity index is 0.000000193. The monoisotopic (exact) mass is 591 g/mol. The number of aryl methyl sites for hydroxylation is 1. The zero-order valence-electron chi connectivity index (χ0n) is 17.7. The van der Waals surface area contributed by atoms with Crippen molar-refractivity contribution < 1.29 is 20.1 Å². The van der Waals surface area contributed by atoms with Gasteiger partial charge in [0.05, 0.1) is 0 Å². The van der Waals surface area contributed by atoms with Crippen LogP contribution >= 0.6 is 0 Å². The summed E-state index contributed by atoms with van der Waals surface area (Å²) >= 11 is 0. The fourth-order valence-electron chi connectivity index (χ4n) is 3.27. The average Bonchev–Trinajstić information content (AvgIpc) is 2.86. The molecule has 1 radical (unpaired) electrons. The Bertz CT molecular complexity index is 1190. The minimum Gasteiger partial charge on any atom is -0.305 e. The van der Waals surface area contributed by atoms with Gasteiger partial charge in [-0.15, -0.1) is 71.8 Å². The number of nitrogens with zero attached hydrogens (tertiary/aromatic N) is 2. The van der Waals surface area contributed by atoms with Crippen molar-refractivity contribution in [2.24, 2.45) is 0 Å². The van der Waals surface area contributed by atoms with E-state index in [1.54, 1.807) is 6.20 Å². The van der Waals surface area contributed by atoms with Crippen LogP contribution in [0.3, 0.4) is 0 Å². The van der Waals surface area contributed by atoms with Crippen LogP contribution in [-0.4, -0.2) is 9.97 Å². The second-order valence-electron chi connectivity index (χ2n) is 7.01. The van der Waals surface area contributed by atoms with Crippen molar-refractivity contribution in [3.63, 3.8) is 0 Å². The molecular formula is C29H22IrN2-2. The van der Waals surface area contributed by atoms with Crippen molar-refractivity contribution in [1.82, 2.24) is 9.97 Å². The Kier molecular flexibility index (Phi) is 8.62. The molecule has 0 amide bonds. The SMILES string of the molecule is Cc1ccccc1-c1ccnc(-c2[c-]cccc2)c1.[Ir].[c-]1ccccc1-c1ccccn1. The van der Waals surface area contributed by atoms with Crippen molar-refractivity contribution in [3.05, 3.63) is 133 Å². The summed E-state index contributed by atoms with van der Waals surface area (Å²) in [6.45, 7) is 2.13. The molecule has 2 heterocycles. The molecule has 2 nitrogen and oxygen atoms in total.